The number of hydrogen-bond acceptors (Lipinski definition) is 0. The fourth-order valence-electron chi connectivity index (χ4n) is 1.78. The van der Waals surface area contributed by atoms with Crippen molar-refractivity contribution in [1.82, 2.24) is 0 Å². The van der Waals surface area contributed by atoms with E-state index in [9.17, 15) is 0 Å². The third kappa shape index (κ3) is 2.98. The number of alkyl halides is 1. The maximum Gasteiger partial charge on any atom is 0.00600 e. The predicted octanol–water partition coefficient (Wildman–Crippen LogP) is 3.76. The quantitative estimate of drug-likeness (QED) is 0.463. The van der Waals surface area contributed by atoms with E-state index in [2.05, 4.69) is 41.9 Å². The average Bonchev–Trinajstić information content (AvgIpc) is 2.10. The molecule has 1 atom stereocenters. The van der Waals surface area contributed by atoms with Crippen LogP contribution in [0.1, 0.15) is 33.1 Å². The number of rotatable bonds is 1. The Hall–Kier alpha value is 0.220. The van der Waals surface area contributed by atoms with Gasteiger partial charge in [-0.2, -0.15) is 0 Å². The number of hydrogen-bond donors (Lipinski definition) is 0. The average molecular weight is 217 g/mol. The van der Waals surface area contributed by atoms with Crippen LogP contribution in [0.3, 0.4) is 0 Å². The van der Waals surface area contributed by atoms with Crippen molar-refractivity contribution in [2.75, 3.05) is 5.33 Å². The molecule has 0 aromatic carbocycles. The first kappa shape index (κ1) is 9.31. The van der Waals surface area contributed by atoms with Crippen molar-refractivity contribution < 1.29 is 0 Å². The van der Waals surface area contributed by atoms with E-state index >= 15 is 0 Å². The van der Waals surface area contributed by atoms with Crippen molar-refractivity contribution in [2.45, 2.75) is 33.1 Å². The van der Waals surface area contributed by atoms with Crippen LogP contribution >= 0.6 is 15.9 Å². The molecule has 0 N–H and O–H groups in total. The minimum Gasteiger partial charge on any atom is -0.0925 e. The lowest BCUT2D eigenvalue weighted by atomic mass is 9.84. The lowest BCUT2D eigenvalue weighted by Gasteiger charge is -2.23. The topological polar surface area (TPSA) is 0 Å². The maximum absolute atomic E-state index is 3.57. The molecule has 0 aromatic heterocycles. The molecule has 1 aliphatic rings. The van der Waals surface area contributed by atoms with E-state index in [0.717, 1.165) is 11.2 Å². The van der Waals surface area contributed by atoms with Crippen LogP contribution in [0, 0.1) is 11.3 Å². The highest BCUT2D eigenvalue weighted by atomic mass is 79.9. The van der Waals surface area contributed by atoms with E-state index in [-0.39, 0.29) is 0 Å². The summed E-state index contributed by atoms with van der Waals surface area (Å²) in [5, 5.41) is 1.16. The molecule has 0 fully saturated rings. The Balaban J connectivity index is 2.56. The van der Waals surface area contributed by atoms with Crippen LogP contribution in [0.25, 0.3) is 0 Å². The second-order valence-corrected chi connectivity index (χ2v) is 4.84. The maximum atomic E-state index is 3.57. The molecule has 0 saturated carbocycles. The summed E-state index contributed by atoms with van der Waals surface area (Å²) in [6.07, 6.45) is 8.65. The van der Waals surface area contributed by atoms with Gasteiger partial charge in [-0.3, -0.25) is 0 Å². The molecule has 64 valence electrons. The van der Waals surface area contributed by atoms with Crippen molar-refractivity contribution >= 4 is 15.9 Å². The van der Waals surface area contributed by atoms with Gasteiger partial charge in [0.2, 0.25) is 0 Å². The van der Waals surface area contributed by atoms with Crippen molar-refractivity contribution in [1.29, 1.82) is 0 Å². The van der Waals surface area contributed by atoms with Gasteiger partial charge in [-0.15, -0.1) is 0 Å². The zero-order valence-corrected chi connectivity index (χ0v) is 9.02. The summed E-state index contributed by atoms with van der Waals surface area (Å²) in [6.45, 7) is 4.65. The van der Waals surface area contributed by atoms with Crippen LogP contribution in [0.4, 0.5) is 0 Å². The largest absolute Gasteiger partial charge is 0.0925 e. The van der Waals surface area contributed by atoms with Crippen molar-refractivity contribution in [3.05, 3.63) is 12.2 Å². The molecule has 1 unspecified atom stereocenters. The Morgan fingerprint density at radius 2 is 2.27 bits per heavy atom. The van der Waals surface area contributed by atoms with Gasteiger partial charge in [0.1, 0.15) is 0 Å². The molecule has 11 heavy (non-hydrogen) atoms. The highest BCUT2D eigenvalue weighted by Gasteiger charge is 2.21. The standard InChI is InChI=1S/C10H17Br/c1-10(2)6-4-3-5-9(7-10)8-11/h4,6,9H,3,5,7-8H2,1-2H3. The van der Waals surface area contributed by atoms with Crippen molar-refractivity contribution in [2.24, 2.45) is 11.3 Å². The first-order valence-corrected chi connectivity index (χ1v) is 5.50. The zero-order valence-electron chi connectivity index (χ0n) is 7.44. The lowest BCUT2D eigenvalue weighted by molar-refractivity contribution is 0.354. The minimum absolute atomic E-state index is 0.426. The normalized spacial score (nSPS) is 29.9. The van der Waals surface area contributed by atoms with Crippen molar-refractivity contribution in [3.8, 4) is 0 Å². The van der Waals surface area contributed by atoms with Gasteiger partial charge in [0.25, 0.3) is 0 Å². The van der Waals surface area contributed by atoms with Crippen LogP contribution in [-0.2, 0) is 0 Å². The van der Waals surface area contributed by atoms with Gasteiger partial charge in [0.15, 0.2) is 0 Å². The van der Waals surface area contributed by atoms with E-state index in [1.807, 2.05) is 0 Å². The van der Waals surface area contributed by atoms with Gasteiger partial charge < -0.3 is 0 Å². The van der Waals surface area contributed by atoms with Gasteiger partial charge in [-0.05, 0) is 30.6 Å². The molecule has 0 amide bonds. The van der Waals surface area contributed by atoms with E-state index < -0.39 is 0 Å². The molecule has 0 radical (unpaired) electrons. The third-order valence-electron chi connectivity index (χ3n) is 2.34. The molecule has 0 heterocycles. The molecule has 1 rings (SSSR count). The van der Waals surface area contributed by atoms with Crippen LogP contribution in [0.2, 0.25) is 0 Å². The van der Waals surface area contributed by atoms with Gasteiger partial charge in [-0.25, -0.2) is 0 Å². The molecular formula is C10H17Br. The van der Waals surface area contributed by atoms with Crippen LogP contribution in [-0.4, -0.2) is 5.33 Å². The number of halogens is 1. The Labute approximate surface area is 78.2 Å². The number of allylic oxidation sites excluding steroid dienone is 2. The van der Waals surface area contributed by atoms with Gasteiger partial charge in [-0.1, -0.05) is 41.9 Å². The third-order valence-corrected chi connectivity index (χ3v) is 3.26. The predicted molar refractivity (Wildman–Crippen MR) is 54.1 cm³/mol. The Morgan fingerprint density at radius 1 is 1.55 bits per heavy atom. The van der Waals surface area contributed by atoms with E-state index in [1.165, 1.54) is 19.3 Å². The molecule has 0 nitrogen and oxygen atoms in total. The van der Waals surface area contributed by atoms with Crippen LogP contribution in [0.15, 0.2) is 12.2 Å². The molecule has 0 aromatic rings. The molecule has 1 aliphatic carbocycles. The summed E-state index contributed by atoms with van der Waals surface area (Å²) < 4.78 is 0. The summed E-state index contributed by atoms with van der Waals surface area (Å²) in [6, 6.07) is 0. The molecule has 0 spiro atoms. The molecular weight excluding hydrogens is 200 g/mol. The minimum atomic E-state index is 0.426. The SMILES string of the molecule is CC1(C)C=CCCC(CBr)C1. The van der Waals surface area contributed by atoms with E-state index in [4.69, 9.17) is 0 Å². The fraction of sp³-hybridized carbons (Fsp3) is 0.800. The molecule has 0 aliphatic heterocycles. The Bertz CT molecular complexity index is 147. The summed E-state index contributed by atoms with van der Waals surface area (Å²) in [5.41, 5.74) is 0.426. The Kier molecular flexibility index (Phi) is 3.17. The molecule has 1 heteroatoms. The first-order chi connectivity index (χ1) is 5.14. The second-order valence-electron chi connectivity index (χ2n) is 4.19. The van der Waals surface area contributed by atoms with Crippen LogP contribution in [0.5, 0.6) is 0 Å². The van der Waals surface area contributed by atoms with Gasteiger partial charge in [0, 0.05) is 5.33 Å². The highest BCUT2D eigenvalue weighted by Crippen LogP contribution is 2.33. The molecule has 0 bridgehead atoms. The lowest BCUT2D eigenvalue weighted by Crippen LogP contribution is -2.13. The molecule has 0 saturated heterocycles. The summed E-state index contributed by atoms with van der Waals surface area (Å²) in [4.78, 5) is 0. The van der Waals surface area contributed by atoms with Gasteiger partial charge >= 0.3 is 0 Å². The second kappa shape index (κ2) is 3.75. The summed E-state index contributed by atoms with van der Waals surface area (Å²) >= 11 is 3.57. The zero-order chi connectivity index (χ0) is 8.32. The monoisotopic (exact) mass is 216 g/mol. The summed E-state index contributed by atoms with van der Waals surface area (Å²) in [5.74, 6) is 0.875. The van der Waals surface area contributed by atoms with E-state index in [0.29, 0.717) is 5.41 Å². The first-order valence-electron chi connectivity index (χ1n) is 4.38. The summed E-state index contributed by atoms with van der Waals surface area (Å²) in [7, 11) is 0. The van der Waals surface area contributed by atoms with E-state index in [1.54, 1.807) is 0 Å². The highest BCUT2D eigenvalue weighted by molar-refractivity contribution is 9.09. The van der Waals surface area contributed by atoms with Crippen LogP contribution < -0.4 is 0 Å². The van der Waals surface area contributed by atoms with Crippen molar-refractivity contribution in [3.63, 3.8) is 0 Å². The smallest absolute Gasteiger partial charge is 0.00600 e. The Morgan fingerprint density at radius 3 is 2.91 bits per heavy atom. The fourth-order valence-corrected chi connectivity index (χ4v) is 2.33. The van der Waals surface area contributed by atoms with Gasteiger partial charge in [0.05, 0.1) is 0 Å².